The molecule has 4 saturated heterocycles. The van der Waals surface area contributed by atoms with Crippen molar-refractivity contribution in [2.75, 3.05) is 80.0 Å². The molecule has 0 saturated carbocycles. The number of alkyl halides is 1. The summed E-state index contributed by atoms with van der Waals surface area (Å²) in [5, 5.41) is 2.67. The lowest BCUT2D eigenvalue weighted by Crippen LogP contribution is -2.53. The number of benzene rings is 3. The SMILES string of the molecule is O=C1CCC(N2Cc3cc(N4CC(OCCN5CCN(c6ccc(-c7cnc8[nH]cc(C(=O)c9c(F)ccc(NS(=O)(=O)N%10CC[C@@H](F)C%10)c9F)c8c7)cc6)CC5)C4)ccc3C2=O)C(=O)N1. The van der Waals surface area contributed by atoms with Gasteiger partial charge in [-0.3, -0.25) is 34.1 Å². The molecule has 3 amide bonds. The van der Waals surface area contributed by atoms with E-state index in [1.54, 1.807) is 17.2 Å². The maximum Gasteiger partial charge on any atom is 0.301 e. The Balaban J connectivity index is 0.701. The van der Waals surface area contributed by atoms with Crippen molar-refractivity contribution < 1.29 is 45.5 Å². The van der Waals surface area contributed by atoms with Crippen LogP contribution in [0.25, 0.3) is 22.2 Å². The number of fused-ring (bicyclic) bond motifs is 2. The molecule has 4 fully saturated rings. The minimum atomic E-state index is -4.36. The lowest BCUT2D eigenvalue weighted by Gasteiger charge is -2.41. The summed E-state index contributed by atoms with van der Waals surface area (Å²) in [5.74, 6) is -4.48. The third-order valence-electron chi connectivity index (χ3n) is 13.2. The van der Waals surface area contributed by atoms with Crippen LogP contribution in [0.5, 0.6) is 0 Å². The number of ether oxygens (including phenoxy) is 1. The summed E-state index contributed by atoms with van der Waals surface area (Å²) in [5.41, 5.74) is 3.71. The van der Waals surface area contributed by atoms with Gasteiger partial charge in [-0.2, -0.15) is 12.7 Å². The molecule has 2 aromatic heterocycles. The first kappa shape index (κ1) is 43.5. The number of H-pyrrole nitrogens is 1. The maximum atomic E-state index is 15.7. The number of carbonyl (C=O) groups is 4. The predicted octanol–water partition coefficient (Wildman–Crippen LogP) is 4.23. The first-order chi connectivity index (χ1) is 31.8. The fraction of sp³-hybridized carbons (Fsp3) is 0.370. The van der Waals surface area contributed by atoms with Crippen LogP contribution in [-0.4, -0.2) is 140 Å². The van der Waals surface area contributed by atoms with Crippen LogP contribution >= 0.6 is 0 Å². The molecule has 5 aliphatic rings. The number of pyridine rings is 1. The molecular weight excluding hydrogens is 880 g/mol. The van der Waals surface area contributed by atoms with Gasteiger partial charge < -0.3 is 24.4 Å². The number of hydrogen-bond acceptors (Lipinski definition) is 11. The van der Waals surface area contributed by atoms with Gasteiger partial charge in [0.1, 0.15) is 23.7 Å². The van der Waals surface area contributed by atoms with Crippen LogP contribution in [0.15, 0.2) is 73.1 Å². The van der Waals surface area contributed by atoms with Crippen molar-refractivity contribution in [3.8, 4) is 11.1 Å². The summed E-state index contributed by atoms with van der Waals surface area (Å²) >= 11 is 0. The number of nitrogens with zero attached hydrogens (tertiary/aromatic N) is 6. The third-order valence-corrected chi connectivity index (χ3v) is 14.7. The van der Waals surface area contributed by atoms with Gasteiger partial charge in [-0.15, -0.1) is 0 Å². The number of anilines is 3. The molecular formula is C46H46F3N9O7S. The normalized spacial score (nSPS) is 20.8. The fourth-order valence-corrected chi connectivity index (χ4v) is 10.7. The molecule has 10 rings (SSSR count). The molecule has 3 N–H and O–H groups in total. The van der Waals surface area contributed by atoms with E-state index in [1.807, 2.05) is 47.2 Å². The number of rotatable bonds is 13. The Morgan fingerprint density at radius 3 is 2.39 bits per heavy atom. The number of aromatic nitrogens is 2. The molecule has 66 heavy (non-hydrogen) atoms. The van der Waals surface area contributed by atoms with E-state index in [9.17, 15) is 32.0 Å². The Bertz CT molecular complexity index is 2870. The topological polar surface area (TPSA) is 181 Å². The molecule has 16 nitrogen and oxygen atoms in total. The number of piperazine rings is 1. The highest BCUT2D eigenvalue weighted by Crippen LogP contribution is 2.34. The van der Waals surface area contributed by atoms with Gasteiger partial charge in [0.25, 0.3) is 5.91 Å². The van der Waals surface area contributed by atoms with Crippen molar-refractivity contribution in [3.63, 3.8) is 0 Å². The van der Waals surface area contributed by atoms with Crippen LogP contribution in [0.1, 0.15) is 51.1 Å². The highest BCUT2D eigenvalue weighted by Gasteiger charge is 2.40. The lowest BCUT2D eigenvalue weighted by atomic mass is 9.99. The van der Waals surface area contributed by atoms with Gasteiger partial charge in [-0.1, -0.05) is 12.1 Å². The lowest BCUT2D eigenvalue weighted by molar-refractivity contribution is -0.136. The Kier molecular flexibility index (Phi) is 11.5. The largest absolute Gasteiger partial charge is 0.373 e. The molecule has 0 aliphatic carbocycles. The zero-order valence-corrected chi connectivity index (χ0v) is 36.5. The molecule has 20 heteroatoms. The number of imide groups is 1. The Morgan fingerprint density at radius 2 is 1.65 bits per heavy atom. The number of aromatic amines is 1. The van der Waals surface area contributed by atoms with Gasteiger partial charge in [-0.05, 0) is 72.5 Å². The van der Waals surface area contributed by atoms with Crippen molar-refractivity contribution in [3.05, 3.63) is 107 Å². The molecule has 5 aromatic rings. The van der Waals surface area contributed by atoms with Crippen LogP contribution in [0.4, 0.5) is 30.2 Å². The number of ketones is 1. The molecule has 2 atom stereocenters. The minimum absolute atomic E-state index is 0.00105. The predicted molar refractivity (Wildman–Crippen MR) is 238 cm³/mol. The maximum absolute atomic E-state index is 15.7. The number of halogens is 3. The van der Waals surface area contributed by atoms with Crippen molar-refractivity contribution in [2.45, 2.75) is 44.1 Å². The summed E-state index contributed by atoms with van der Waals surface area (Å²) < 4.78 is 79.2. The highest BCUT2D eigenvalue weighted by atomic mass is 32.2. The molecule has 1 unspecified atom stereocenters. The van der Waals surface area contributed by atoms with Crippen molar-refractivity contribution >= 4 is 61.8 Å². The zero-order valence-electron chi connectivity index (χ0n) is 35.6. The number of nitrogens with one attached hydrogen (secondary N) is 3. The Hall–Kier alpha value is -6.35. The Labute approximate surface area is 377 Å². The van der Waals surface area contributed by atoms with E-state index in [-0.39, 0.29) is 49.4 Å². The quantitative estimate of drug-likeness (QED) is 0.114. The minimum Gasteiger partial charge on any atom is -0.373 e. The summed E-state index contributed by atoms with van der Waals surface area (Å²) in [6, 6.07) is 16.5. The van der Waals surface area contributed by atoms with Gasteiger partial charge in [-0.25, -0.2) is 18.2 Å². The van der Waals surface area contributed by atoms with Gasteiger partial charge in [0.2, 0.25) is 17.6 Å². The van der Waals surface area contributed by atoms with E-state index in [1.165, 1.54) is 6.20 Å². The molecule has 0 radical (unpaired) electrons. The molecule has 7 heterocycles. The summed E-state index contributed by atoms with van der Waals surface area (Å²) in [4.78, 5) is 66.6. The second-order valence-electron chi connectivity index (χ2n) is 17.3. The zero-order chi connectivity index (χ0) is 45.9. The summed E-state index contributed by atoms with van der Waals surface area (Å²) in [7, 11) is -4.36. The van der Waals surface area contributed by atoms with E-state index in [0.717, 1.165) is 84.8 Å². The number of piperidine rings is 1. The van der Waals surface area contributed by atoms with Crippen molar-refractivity contribution in [1.29, 1.82) is 0 Å². The molecule has 344 valence electrons. The molecule has 5 aliphatic heterocycles. The van der Waals surface area contributed by atoms with E-state index >= 15 is 8.78 Å². The van der Waals surface area contributed by atoms with Crippen LogP contribution in [0.2, 0.25) is 0 Å². The Morgan fingerprint density at radius 1 is 0.879 bits per heavy atom. The fourth-order valence-electron chi connectivity index (χ4n) is 9.39. The first-order valence-electron chi connectivity index (χ1n) is 21.9. The monoisotopic (exact) mass is 925 g/mol. The van der Waals surface area contributed by atoms with Crippen LogP contribution in [-0.2, 0) is 31.1 Å². The number of amides is 3. The molecule has 0 spiro atoms. The summed E-state index contributed by atoms with van der Waals surface area (Å²) in [6.07, 6.45) is 2.25. The van der Waals surface area contributed by atoms with Crippen LogP contribution < -0.4 is 19.8 Å². The third kappa shape index (κ3) is 8.37. The molecule has 3 aromatic carbocycles. The van der Waals surface area contributed by atoms with Crippen LogP contribution in [0.3, 0.4) is 0 Å². The average molecular weight is 926 g/mol. The first-order valence-corrected chi connectivity index (χ1v) is 23.4. The van der Waals surface area contributed by atoms with E-state index in [0.29, 0.717) is 41.7 Å². The smallest absolute Gasteiger partial charge is 0.301 e. The van der Waals surface area contributed by atoms with Crippen molar-refractivity contribution in [1.82, 2.24) is 29.4 Å². The van der Waals surface area contributed by atoms with E-state index < -0.39 is 57.0 Å². The number of hydrogen-bond donors (Lipinski definition) is 3. The van der Waals surface area contributed by atoms with Gasteiger partial charge in [0, 0.05) is 118 Å². The van der Waals surface area contributed by atoms with E-state index in [2.05, 4.69) is 30.0 Å². The van der Waals surface area contributed by atoms with Gasteiger partial charge >= 0.3 is 10.2 Å². The summed E-state index contributed by atoms with van der Waals surface area (Å²) in [6.45, 7) is 6.15. The number of carbonyl (C=O) groups excluding carboxylic acids is 4. The highest BCUT2D eigenvalue weighted by molar-refractivity contribution is 7.90. The second kappa shape index (κ2) is 17.5. The average Bonchev–Trinajstić information content (AvgIpc) is 4.02. The van der Waals surface area contributed by atoms with Crippen molar-refractivity contribution in [2.24, 2.45) is 0 Å². The second-order valence-corrected chi connectivity index (χ2v) is 19.0. The van der Waals surface area contributed by atoms with Crippen LogP contribution in [0, 0.1) is 11.6 Å². The molecule has 0 bridgehead atoms. The standard InChI is InChI=1S/C46H46F3N9O7S/c47-30-11-12-57(24-30)66(63,64)53-38-8-7-37(48)41(42(38)49)43(60)36-22-51-44-35(36)20-28(21-50-44)27-1-3-31(4-2-27)55-15-13-54(14-16-55)17-18-65-33-25-56(26-33)32-5-6-34-29(19-32)23-58(46(34)62)39-9-10-40(59)52-45(39)61/h1-8,19-22,30,33,39,53H,9-18,23-26H2,(H,50,51)(H,52,59,61)/t30-,39?/m1/s1. The van der Waals surface area contributed by atoms with Gasteiger partial charge in [0.15, 0.2) is 5.82 Å². The van der Waals surface area contributed by atoms with Gasteiger partial charge in [0.05, 0.1) is 24.0 Å². The van der Waals surface area contributed by atoms with E-state index in [4.69, 9.17) is 4.74 Å².